The van der Waals surface area contributed by atoms with E-state index in [1.165, 1.54) is 5.56 Å². The Morgan fingerprint density at radius 3 is 2.52 bits per heavy atom. The van der Waals surface area contributed by atoms with E-state index in [1.807, 2.05) is 30.3 Å². The molecule has 4 nitrogen and oxygen atoms in total. The molecular weight excluding hydrogens is 262 g/mol. The number of hydrogen-bond donors (Lipinski definition) is 2. The van der Waals surface area contributed by atoms with Crippen LogP contribution in [0.2, 0.25) is 0 Å². The van der Waals surface area contributed by atoms with Crippen molar-refractivity contribution >= 4 is 11.6 Å². The number of benzene rings is 2. The second-order valence-corrected chi connectivity index (χ2v) is 5.36. The van der Waals surface area contributed by atoms with Crippen LogP contribution >= 0.6 is 0 Å². The predicted octanol–water partition coefficient (Wildman–Crippen LogP) is 2.46. The topological polar surface area (TPSA) is 58.4 Å². The summed E-state index contributed by atoms with van der Waals surface area (Å²) in [6.45, 7) is 1.57. The molecule has 0 atom stereocenters. The zero-order valence-corrected chi connectivity index (χ0v) is 12.5. The highest BCUT2D eigenvalue weighted by Gasteiger charge is 2.02. The van der Waals surface area contributed by atoms with Crippen LogP contribution in [-0.4, -0.2) is 24.9 Å². The first-order valence-electron chi connectivity index (χ1n) is 6.91. The lowest BCUT2D eigenvalue weighted by atomic mass is 10.1. The molecule has 0 saturated heterocycles. The molecule has 0 aliphatic heterocycles. The Morgan fingerprint density at radius 1 is 1.10 bits per heavy atom. The van der Waals surface area contributed by atoms with Crippen molar-refractivity contribution in [2.24, 2.45) is 5.73 Å². The zero-order valence-electron chi connectivity index (χ0n) is 12.5. The number of nitrogens with one attached hydrogen (secondary N) is 1. The van der Waals surface area contributed by atoms with Gasteiger partial charge >= 0.3 is 0 Å². The molecule has 0 bridgehead atoms. The van der Waals surface area contributed by atoms with E-state index < -0.39 is 5.91 Å². The Bertz CT molecular complexity index is 623. The molecule has 0 spiro atoms. The minimum absolute atomic E-state index is 0.398. The number of primary amides is 1. The van der Waals surface area contributed by atoms with E-state index >= 15 is 0 Å². The molecule has 0 fully saturated rings. The Balaban J connectivity index is 2.02. The smallest absolute Gasteiger partial charge is 0.248 e. The van der Waals surface area contributed by atoms with Gasteiger partial charge in [-0.05, 0) is 49.5 Å². The van der Waals surface area contributed by atoms with Crippen LogP contribution in [0.4, 0.5) is 5.69 Å². The first-order valence-corrected chi connectivity index (χ1v) is 6.91. The molecule has 0 aromatic heterocycles. The minimum atomic E-state index is -0.398. The number of rotatable bonds is 6. The van der Waals surface area contributed by atoms with Crippen molar-refractivity contribution < 1.29 is 4.79 Å². The van der Waals surface area contributed by atoms with E-state index in [2.05, 4.69) is 36.4 Å². The van der Waals surface area contributed by atoms with Crippen molar-refractivity contribution in [3.8, 4) is 0 Å². The Hall–Kier alpha value is -2.33. The SMILES string of the molecule is CN(C)Cc1cccc(NCc2cccc(C(N)=O)c2)c1. The number of carbonyl (C=O) groups is 1. The predicted molar refractivity (Wildman–Crippen MR) is 86.1 cm³/mol. The number of carbonyl (C=O) groups excluding carboxylic acids is 1. The summed E-state index contributed by atoms with van der Waals surface area (Å²) in [7, 11) is 4.10. The van der Waals surface area contributed by atoms with Crippen LogP contribution in [0, 0.1) is 0 Å². The summed E-state index contributed by atoms with van der Waals surface area (Å²) in [4.78, 5) is 13.3. The van der Waals surface area contributed by atoms with Gasteiger partial charge < -0.3 is 16.0 Å². The van der Waals surface area contributed by atoms with Crippen LogP contribution in [0.5, 0.6) is 0 Å². The normalized spacial score (nSPS) is 10.6. The average molecular weight is 283 g/mol. The molecule has 3 N–H and O–H groups in total. The second kappa shape index (κ2) is 6.90. The number of amides is 1. The molecule has 21 heavy (non-hydrogen) atoms. The maximum Gasteiger partial charge on any atom is 0.248 e. The summed E-state index contributed by atoms with van der Waals surface area (Å²) < 4.78 is 0. The van der Waals surface area contributed by atoms with Gasteiger partial charge in [0.2, 0.25) is 5.91 Å². The van der Waals surface area contributed by atoms with Crippen molar-refractivity contribution in [2.45, 2.75) is 13.1 Å². The summed E-state index contributed by atoms with van der Waals surface area (Å²) in [6.07, 6.45) is 0. The molecule has 0 saturated carbocycles. The van der Waals surface area contributed by atoms with E-state index in [1.54, 1.807) is 6.07 Å². The van der Waals surface area contributed by atoms with Crippen LogP contribution in [0.1, 0.15) is 21.5 Å². The highest BCUT2D eigenvalue weighted by atomic mass is 16.1. The number of anilines is 1. The molecule has 2 aromatic carbocycles. The van der Waals surface area contributed by atoms with E-state index in [-0.39, 0.29) is 0 Å². The first-order chi connectivity index (χ1) is 10.0. The number of hydrogen-bond acceptors (Lipinski definition) is 3. The Morgan fingerprint density at radius 2 is 1.81 bits per heavy atom. The maximum absolute atomic E-state index is 11.2. The molecule has 2 rings (SSSR count). The average Bonchev–Trinajstić information content (AvgIpc) is 2.45. The van der Waals surface area contributed by atoms with Crippen LogP contribution in [0.15, 0.2) is 48.5 Å². The molecule has 0 heterocycles. The van der Waals surface area contributed by atoms with Crippen LogP contribution in [-0.2, 0) is 13.1 Å². The third-order valence-electron chi connectivity index (χ3n) is 3.13. The largest absolute Gasteiger partial charge is 0.381 e. The minimum Gasteiger partial charge on any atom is -0.381 e. The van der Waals surface area contributed by atoms with Crippen LogP contribution in [0.25, 0.3) is 0 Å². The standard InChI is InChI=1S/C17H21N3O/c1-20(2)12-14-6-4-8-16(10-14)19-11-13-5-3-7-15(9-13)17(18)21/h3-10,19H,11-12H2,1-2H3,(H2,18,21). The molecule has 4 heteroatoms. The van der Waals surface area contributed by atoms with Gasteiger partial charge in [0.1, 0.15) is 0 Å². The fourth-order valence-corrected chi connectivity index (χ4v) is 2.18. The Labute approximate surface area is 125 Å². The second-order valence-electron chi connectivity index (χ2n) is 5.36. The van der Waals surface area contributed by atoms with Crippen LogP contribution in [0.3, 0.4) is 0 Å². The van der Waals surface area contributed by atoms with Gasteiger partial charge in [-0.1, -0.05) is 24.3 Å². The lowest BCUT2D eigenvalue weighted by molar-refractivity contribution is 0.1000. The third kappa shape index (κ3) is 4.61. The lowest BCUT2D eigenvalue weighted by Gasteiger charge is -2.12. The summed E-state index contributed by atoms with van der Waals surface area (Å²) in [6, 6.07) is 15.7. The molecule has 0 unspecified atom stereocenters. The number of nitrogens with zero attached hydrogens (tertiary/aromatic N) is 1. The van der Waals surface area contributed by atoms with Gasteiger partial charge in [-0.25, -0.2) is 0 Å². The van der Waals surface area contributed by atoms with Gasteiger partial charge in [-0.15, -0.1) is 0 Å². The van der Waals surface area contributed by atoms with E-state index in [0.29, 0.717) is 12.1 Å². The summed E-state index contributed by atoms with van der Waals surface area (Å²) >= 11 is 0. The summed E-state index contributed by atoms with van der Waals surface area (Å²) in [5.41, 5.74) is 9.19. The van der Waals surface area contributed by atoms with Gasteiger partial charge in [0.15, 0.2) is 0 Å². The monoisotopic (exact) mass is 283 g/mol. The molecule has 110 valence electrons. The maximum atomic E-state index is 11.2. The summed E-state index contributed by atoms with van der Waals surface area (Å²) in [5.74, 6) is -0.398. The highest BCUT2D eigenvalue weighted by molar-refractivity contribution is 5.92. The number of nitrogens with two attached hydrogens (primary N) is 1. The molecule has 1 amide bonds. The lowest BCUT2D eigenvalue weighted by Crippen LogP contribution is -2.12. The van der Waals surface area contributed by atoms with Gasteiger partial charge in [-0.2, -0.15) is 0 Å². The highest BCUT2D eigenvalue weighted by Crippen LogP contribution is 2.14. The summed E-state index contributed by atoms with van der Waals surface area (Å²) in [5, 5.41) is 3.37. The van der Waals surface area contributed by atoms with Gasteiger partial charge in [-0.3, -0.25) is 4.79 Å². The van der Waals surface area contributed by atoms with Crippen molar-refractivity contribution in [2.75, 3.05) is 19.4 Å². The van der Waals surface area contributed by atoms with Crippen molar-refractivity contribution in [1.29, 1.82) is 0 Å². The van der Waals surface area contributed by atoms with Crippen molar-refractivity contribution in [1.82, 2.24) is 4.90 Å². The molecule has 0 radical (unpaired) electrons. The first kappa shape index (κ1) is 15.1. The molecular formula is C17H21N3O. The molecule has 2 aromatic rings. The molecule has 0 aliphatic rings. The van der Waals surface area contributed by atoms with E-state index in [9.17, 15) is 4.79 Å². The van der Waals surface area contributed by atoms with Gasteiger partial charge in [0.05, 0.1) is 0 Å². The van der Waals surface area contributed by atoms with E-state index in [4.69, 9.17) is 5.73 Å². The quantitative estimate of drug-likeness (QED) is 0.856. The zero-order chi connectivity index (χ0) is 15.2. The van der Waals surface area contributed by atoms with Crippen LogP contribution < -0.4 is 11.1 Å². The third-order valence-corrected chi connectivity index (χ3v) is 3.13. The molecule has 0 aliphatic carbocycles. The fourth-order valence-electron chi connectivity index (χ4n) is 2.18. The fraction of sp³-hybridized carbons (Fsp3) is 0.235. The van der Waals surface area contributed by atoms with E-state index in [0.717, 1.165) is 17.8 Å². The van der Waals surface area contributed by atoms with Crippen molar-refractivity contribution in [3.63, 3.8) is 0 Å². The van der Waals surface area contributed by atoms with Gasteiger partial charge in [0, 0.05) is 24.3 Å². The Kier molecular flexibility index (Phi) is 4.95. The van der Waals surface area contributed by atoms with Gasteiger partial charge in [0.25, 0.3) is 0 Å². The van der Waals surface area contributed by atoms with Crippen molar-refractivity contribution in [3.05, 3.63) is 65.2 Å².